The lowest BCUT2D eigenvalue weighted by atomic mass is 10.2. The third kappa shape index (κ3) is 2.28. The topological polar surface area (TPSA) is 37.8 Å². The van der Waals surface area contributed by atoms with Gasteiger partial charge < -0.3 is 5.32 Å². The third-order valence-corrected chi connectivity index (χ3v) is 2.60. The normalized spacial score (nSPS) is 10.5. The van der Waals surface area contributed by atoms with Gasteiger partial charge in [0.05, 0.1) is 4.47 Å². The van der Waals surface area contributed by atoms with Crippen molar-refractivity contribution in [2.45, 2.75) is 0 Å². The molecule has 0 unspecified atom stereocenters. The Morgan fingerprint density at radius 1 is 1.06 bits per heavy atom. The fourth-order valence-electron chi connectivity index (χ4n) is 1.21. The highest BCUT2D eigenvalue weighted by Crippen LogP contribution is 2.29. The predicted octanol–water partition coefficient (Wildman–Crippen LogP) is 3.54. The molecule has 1 heterocycles. The van der Waals surface area contributed by atoms with Gasteiger partial charge in [0.2, 0.25) is 0 Å². The number of anilines is 2. The summed E-state index contributed by atoms with van der Waals surface area (Å²) in [6.07, 6.45) is 2.42. The van der Waals surface area contributed by atoms with Gasteiger partial charge in [0.25, 0.3) is 0 Å². The average Bonchev–Trinajstić information content (AvgIpc) is 2.34. The van der Waals surface area contributed by atoms with Gasteiger partial charge in [-0.05, 0) is 15.9 Å². The van der Waals surface area contributed by atoms with Gasteiger partial charge in [0, 0.05) is 12.3 Å². The van der Waals surface area contributed by atoms with Crippen LogP contribution in [0.25, 0.3) is 0 Å². The van der Waals surface area contributed by atoms with E-state index in [0.717, 1.165) is 6.33 Å². The maximum Gasteiger partial charge on any atom is 0.185 e. The number of halogens is 5. The highest BCUT2D eigenvalue weighted by molar-refractivity contribution is 9.10. The van der Waals surface area contributed by atoms with E-state index >= 15 is 0 Å². The largest absolute Gasteiger partial charge is 0.334 e. The Labute approximate surface area is 107 Å². The summed E-state index contributed by atoms with van der Waals surface area (Å²) in [7, 11) is 0. The van der Waals surface area contributed by atoms with Crippen LogP contribution >= 0.6 is 15.9 Å². The molecule has 2 rings (SSSR count). The third-order valence-electron chi connectivity index (χ3n) is 2.02. The minimum Gasteiger partial charge on any atom is -0.334 e. The second-order valence-electron chi connectivity index (χ2n) is 3.19. The number of nitrogens with one attached hydrogen (secondary N) is 1. The first-order valence-corrected chi connectivity index (χ1v) is 5.35. The van der Waals surface area contributed by atoms with Gasteiger partial charge in [-0.15, -0.1) is 0 Å². The van der Waals surface area contributed by atoms with Crippen molar-refractivity contribution in [3.8, 4) is 0 Å². The average molecular weight is 322 g/mol. The van der Waals surface area contributed by atoms with Crippen LogP contribution in [0.5, 0.6) is 0 Å². The van der Waals surface area contributed by atoms with Crippen molar-refractivity contribution in [3.05, 3.63) is 46.3 Å². The van der Waals surface area contributed by atoms with Crippen molar-refractivity contribution in [2.24, 2.45) is 0 Å². The lowest BCUT2D eigenvalue weighted by Gasteiger charge is -2.09. The predicted molar refractivity (Wildman–Crippen MR) is 59.3 cm³/mol. The van der Waals surface area contributed by atoms with E-state index < -0.39 is 29.0 Å². The van der Waals surface area contributed by atoms with Crippen LogP contribution in [0.3, 0.4) is 0 Å². The zero-order valence-electron chi connectivity index (χ0n) is 8.52. The molecular formula is C10H4BrF4N3. The van der Waals surface area contributed by atoms with Gasteiger partial charge in [0.1, 0.15) is 17.8 Å². The Kier molecular flexibility index (Phi) is 3.46. The standard InChI is InChI=1S/C10H4BrF4N3/c11-4-2-16-3-17-10(4)18-9-7(14)5(12)1-6(13)8(9)15/h1-3H,(H,16,17,18). The van der Waals surface area contributed by atoms with Gasteiger partial charge in [-0.2, -0.15) is 0 Å². The Bertz CT molecular complexity index is 580. The smallest absolute Gasteiger partial charge is 0.185 e. The lowest BCUT2D eigenvalue weighted by molar-refractivity contribution is 0.459. The van der Waals surface area contributed by atoms with Crippen LogP contribution in [0.2, 0.25) is 0 Å². The number of hydrogen-bond acceptors (Lipinski definition) is 3. The molecule has 18 heavy (non-hydrogen) atoms. The number of hydrogen-bond donors (Lipinski definition) is 1. The molecule has 0 atom stereocenters. The van der Waals surface area contributed by atoms with Crippen molar-refractivity contribution in [1.82, 2.24) is 9.97 Å². The van der Waals surface area contributed by atoms with Crippen LogP contribution in [0.4, 0.5) is 29.1 Å². The van der Waals surface area contributed by atoms with Gasteiger partial charge >= 0.3 is 0 Å². The van der Waals surface area contributed by atoms with Crippen LogP contribution < -0.4 is 5.32 Å². The minimum atomic E-state index is -1.53. The number of aromatic nitrogens is 2. The fourth-order valence-corrected chi connectivity index (χ4v) is 1.53. The number of benzene rings is 1. The van der Waals surface area contributed by atoms with Crippen molar-refractivity contribution < 1.29 is 17.6 Å². The summed E-state index contributed by atoms with van der Waals surface area (Å²) in [5, 5.41) is 2.16. The van der Waals surface area contributed by atoms with E-state index in [9.17, 15) is 17.6 Å². The molecule has 3 nitrogen and oxygen atoms in total. The van der Waals surface area contributed by atoms with E-state index in [2.05, 4.69) is 31.2 Å². The first-order chi connectivity index (χ1) is 8.50. The molecular weight excluding hydrogens is 318 g/mol. The van der Waals surface area contributed by atoms with Crippen molar-refractivity contribution in [3.63, 3.8) is 0 Å². The molecule has 0 aliphatic rings. The number of rotatable bonds is 2. The molecule has 8 heteroatoms. The zero-order chi connectivity index (χ0) is 13.3. The van der Waals surface area contributed by atoms with E-state index in [-0.39, 0.29) is 16.4 Å². The van der Waals surface area contributed by atoms with Gasteiger partial charge in [-0.25, -0.2) is 27.5 Å². The number of nitrogens with zero attached hydrogens (tertiary/aromatic N) is 2. The lowest BCUT2D eigenvalue weighted by Crippen LogP contribution is -2.04. The molecule has 1 aromatic carbocycles. The van der Waals surface area contributed by atoms with E-state index in [1.807, 2.05) is 0 Å². The van der Waals surface area contributed by atoms with Crippen molar-refractivity contribution >= 4 is 27.4 Å². The van der Waals surface area contributed by atoms with Crippen molar-refractivity contribution in [2.75, 3.05) is 5.32 Å². The zero-order valence-corrected chi connectivity index (χ0v) is 10.1. The molecule has 0 radical (unpaired) electrons. The van der Waals surface area contributed by atoms with Gasteiger partial charge in [-0.1, -0.05) is 0 Å². The van der Waals surface area contributed by atoms with Crippen LogP contribution in [-0.4, -0.2) is 9.97 Å². The molecule has 0 aliphatic carbocycles. The van der Waals surface area contributed by atoms with Crippen LogP contribution in [0, 0.1) is 23.3 Å². The maximum absolute atomic E-state index is 13.4. The molecule has 1 N–H and O–H groups in total. The maximum atomic E-state index is 13.4. The summed E-state index contributed by atoms with van der Waals surface area (Å²) in [4.78, 5) is 7.30. The fraction of sp³-hybridized carbons (Fsp3) is 0. The molecule has 2 aromatic rings. The SMILES string of the molecule is Fc1cc(F)c(F)c(Nc2ncncc2Br)c1F. The highest BCUT2D eigenvalue weighted by Gasteiger charge is 2.20. The van der Waals surface area contributed by atoms with Crippen LogP contribution in [0.1, 0.15) is 0 Å². The van der Waals surface area contributed by atoms with E-state index in [1.54, 1.807) is 0 Å². The summed E-state index contributed by atoms with van der Waals surface area (Å²) in [6.45, 7) is 0. The molecule has 0 bridgehead atoms. The van der Waals surface area contributed by atoms with Gasteiger partial charge in [-0.3, -0.25) is 0 Å². The van der Waals surface area contributed by atoms with E-state index in [1.165, 1.54) is 6.20 Å². The first kappa shape index (κ1) is 12.7. The molecule has 1 aromatic heterocycles. The van der Waals surface area contributed by atoms with Crippen LogP contribution in [-0.2, 0) is 0 Å². The van der Waals surface area contributed by atoms with Gasteiger partial charge in [0.15, 0.2) is 23.3 Å². The van der Waals surface area contributed by atoms with Crippen molar-refractivity contribution in [1.29, 1.82) is 0 Å². The summed E-state index contributed by atoms with van der Waals surface area (Å²) < 4.78 is 52.9. The Morgan fingerprint density at radius 2 is 1.67 bits per heavy atom. The van der Waals surface area contributed by atoms with E-state index in [4.69, 9.17) is 0 Å². The summed E-state index contributed by atoms with van der Waals surface area (Å²) in [5.41, 5.74) is -0.952. The molecule has 0 saturated heterocycles. The first-order valence-electron chi connectivity index (χ1n) is 4.56. The Balaban J connectivity index is 2.50. The second-order valence-corrected chi connectivity index (χ2v) is 4.04. The quantitative estimate of drug-likeness (QED) is 0.679. The Hall–Kier alpha value is -1.70. The second kappa shape index (κ2) is 4.89. The van der Waals surface area contributed by atoms with E-state index in [0.29, 0.717) is 0 Å². The summed E-state index contributed by atoms with van der Waals surface area (Å²) in [6, 6.07) is 0.130. The molecule has 0 saturated carbocycles. The minimum absolute atomic E-state index is 0.0206. The highest BCUT2D eigenvalue weighted by atomic mass is 79.9. The Morgan fingerprint density at radius 3 is 2.22 bits per heavy atom. The molecule has 0 spiro atoms. The summed E-state index contributed by atoms with van der Waals surface area (Å²) >= 11 is 3.02. The monoisotopic (exact) mass is 321 g/mol. The molecule has 0 amide bonds. The molecule has 94 valence electrons. The summed E-state index contributed by atoms with van der Waals surface area (Å²) in [5.74, 6) is -6.07. The molecule has 0 fully saturated rings. The molecule has 0 aliphatic heterocycles. The van der Waals surface area contributed by atoms with Crippen LogP contribution in [0.15, 0.2) is 23.1 Å².